The maximum absolute atomic E-state index is 11.2. The second kappa shape index (κ2) is 3.06. The van der Waals surface area contributed by atoms with Gasteiger partial charge in [0, 0.05) is 19.1 Å². The number of nitrogens with one attached hydrogen (secondary N) is 2. The van der Waals surface area contributed by atoms with Gasteiger partial charge in [-0.3, -0.25) is 0 Å². The highest BCUT2D eigenvalue weighted by Crippen LogP contribution is 2.05. The molecule has 6 heteroatoms. The van der Waals surface area contributed by atoms with Crippen LogP contribution in [0.25, 0.3) is 0 Å². The lowest BCUT2D eigenvalue weighted by Crippen LogP contribution is -2.57. The molecule has 1 aliphatic heterocycles. The van der Waals surface area contributed by atoms with E-state index < -0.39 is 10.2 Å². The van der Waals surface area contributed by atoms with Gasteiger partial charge < -0.3 is 0 Å². The molecule has 11 heavy (non-hydrogen) atoms. The second-order valence-electron chi connectivity index (χ2n) is 2.74. The van der Waals surface area contributed by atoms with Crippen molar-refractivity contribution in [2.45, 2.75) is 19.9 Å². The van der Waals surface area contributed by atoms with Gasteiger partial charge in [0.2, 0.25) is 0 Å². The molecule has 66 valence electrons. The van der Waals surface area contributed by atoms with Gasteiger partial charge in [0.05, 0.1) is 0 Å². The van der Waals surface area contributed by atoms with E-state index >= 15 is 0 Å². The van der Waals surface area contributed by atoms with E-state index in [4.69, 9.17) is 0 Å². The number of hydrazine groups is 1. The average molecular weight is 179 g/mol. The Hall–Kier alpha value is -0.170. The molecule has 2 N–H and O–H groups in total. The fraction of sp³-hybridized carbons (Fsp3) is 1.00. The summed E-state index contributed by atoms with van der Waals surface area (Å²) in [5, 5.41) is 0. The summed E-state index contributed by atoms with van der Waals surface area (Å²) < 4.78 is 23.8. The molecular weight excluding hydrogens is 166 g/mol. The van der Waals surface area contributed by atoms with Gasteiger partial charge in [-0.05, 0) is 13.8 Å². The lowest BCUT2D eigenvalue weighted by Gasteiger charge is -2.29. The number of nitrogens with zero attached hydrogens (tertiary/aromatic N) is 1. The van der Waals surface area contributed by atoms with Crippen LogP contribution in [0.2, 0.25) is 0 Å². The van der Waals surface area contributed by atoms with Crippen molar-refractivity contribution < 1.29 is 8.42 Å². The number of hydrogen-bond donors (Lipinski definition) is 2. The highest BCUT2D eigenvalue weighted by atomic mass is 32.2. The van der Waals surface area contributed by atoms with Gasteiger partial charge >= 0.3 is 0 Å². The van der Waals surface area contributed by atoms with Crippen LogP contribution in [0.3, 0.4) is 0 Å². The van der Waals surface area contributed by atoms with Crippen LogP contribution in [-0.4, -0.2) is 31.9 Å². The van der Waals surface area contributed by atoms with Crippen molar-refractivity contribution >= 4 is 10.2 Å². The van der Waals surface area contributed by atoms with Gasteiger partial charge in [-0.15, -0.1) is 4.83 Å². The summed E-state index contributed by atoms with van der Waals surface area (Å²) in [6, 6.07) is 0.0228. The molecule has 0 amide bonds. The van der Waals surface area contributed by atoms with Gasteiger partial charge in [-0.25, -0.2) is 5.43 Å². The zero-order valence-corrected chi connectivity index (χ0v) is 7.48. The van der Waals surface area contributed by atoms with Crippen molar-refractivity contribution in [3.8, 4) is 0 Å². The Morgan fingerprint density at radius 3 is 2.45 bits per heavy atom. The Morgan fingerprint density at radius 1 is 1.45 bits per heavy atom. The molecule has 1 saturated heterocycles. The molecule has 0 atom stereocenters. The highest BCUT2D eigenvalue weighted by Gasteiger charge is 2.26. The van der Waals surface area contributed by atoms with E-state index in [9.17, 15) is 8.42 Å². The number of hydrogen-bond acceptors (Lipinski definition) is 3. The molecule has 1 rings (SSSR count). The molecule has 1 aliphatic rings. The van der Waals surface area contributed by atoms with E-state index in [0.29, 0.717) is 13.1 Å². The summed E-state index contributed by atoms with van der Waals surface area (Å²) in [6.45, 7) is 4.89. The second-order valence-corrected chi connectivity index (χ2v) is 4.36. The average Bonchev–Trinajstić information content (AvgIpc) is 1.85. The lowest BCUT2D eigenvalue weighted by molar-refractivity contribution is 0.315. The Bertz CT molecular complexity index is 224. The predicted octanol–water partition coefficient (Wildman–Crippen LogP) is -0.951. The van der Waals surface area contributed by atoms with Gasteiger partial charge in [0.15, 0.2) is 0 Å². The molecule has 0 spiro atoms. The Labute approximate surface area is 66.9 Å². The van der Waals surface area contributed by atoms with Gasteiger partial charge in [0.1, 0.15) is 0 Å². The van der Waals surface area contributed by atoms with Gasteiger partial charge in [0.25, 0.3) is 10.2 Å². The van der Waals surface area contributed by atoms with Crippen molar-refractivity contribution in [2.24, 2.45) is 0 Å². The minimum Gasteiger partial charge on any atom is -0.242 e. The summed E-state index contributed by atoms with van der Waals surface area (Å²) in [5.74, 6) is 0. The summed E-state index contributed by atoms with van der Waals surface area (Å²) in [4.78, 5) is 2.24. The Balaban J connectivity index is 2.76. The monoisotopic (exact) mass is 179 g/mol. The largest absolute Gasteiger partial charge is 0.292 e. The zero-order chi connectivity index (χ0) is 8.48. The Kier molecular flexibility index (Phi) is 2.48. The highest BCUT2D eigenvalue weighted by molar-refractivity contribution is 7.87. The van der Waals surface area contributed by atoms with E-state index in [-0.39, 0.29) is 6.04 Å². The van der Waals surface area contributed by atoms with Crippen molar-refractivity contribution in [3.63, 3.8) is 0 Å². The quantitative estimate of drug-likeness (QED) is 0.545. The van der Waals surface area contributed by atoms with Crippen molar-refractivity contribution in [1.29, 1.82) is 0 Å². The zero-order valence-electron chi connectivity index (χ0n) is 6.66. The maximum atomic E-state index is 11.2. The summed E-state index contributed by atoms with van der Waals surface area (Å²) in [5.41, 5.74) is 2.58. The van der Waals surface area contributed by atoms with Crippen LogP contribution in [0.15, 0.2) is 0 Å². The summed E-state index contributed by atoms with van der Waals surface area (Å²) in [6.07, 6.45) is 0. The predicted molar refractivity (Wildman–Crippen MR) is 41.9 cm³/mol. The van der Waals surface area contributed by atoms with Crippen LogP contribution in [-0.2, 0) is 10.2 Å². The summed E-state index contributed by atoms with van der Waals surface area (Å²) in [7, 11) is -3.25. The summed E-state index contributed by atoms with van der Waals surface area (Å²) >= 11 is 0. The molecule has 0 aromatic rings. The van der Waals surface area contributed by atoms with Crippen LogP contribution >= 0.6 is 0 Å². The number of rotatable bonds is 1. The van der Waals surface area contributed by atoms with Crippen molar-refractivity contribution in [2.75, 3.05) is 13.1 Å². The minimum absolute atomic E-state index is 0.0228. The third-order valence-corrected chi connectivity index (χ3v) is 3.17. The lowest BCUT2D eigenvalue weighted by atomic mass is 10.4. The third-order valence-electron chi connectivity index (χ3n) is 1.54. The molecule has 0 bridgehead atoms. The molecular formula is C5H13N3O2S. The Morgan fingerprint density at radius 2 is 2.09 bits per heavy atom. The molecule has 0 aromatic carbocycles. The van der Waals surface area contributed by atoms with E-state index in [1.165, 1.54) is 4.31 Å². The molecule has 1 fully saturated rings. The van der Waals surface area contributed by atoms with Crippen LogP contribution in [0.1, 0.15) is 13.8 Å². The molecule has 1 heterocycles. The van der Waals surface area contributed by atoms with E-state index in [0.717, 1.165) is 0 Å². The van der Waals surface area contributed by atoms with Crippen LogP contribution in [0.5, 0.6) is 0 Å². The van der Waals surface area contributed by atoms with Crippen LogP contribution < -0.4 is 10.3 Å². The fourth-order valence-electron chi connectivity index (χ4n) is 1.02. The third kappa shape index (κ3) is 1.90. The standard InChI is InChI=1S/C5H13N3O2S/c1-5(2)8-4-3-6-7-11(8,9)10/h5-7H,3-4H2,1-2H3. The molecule has 0 unspecified atom stereocenters. The van der Waals surface area contributed by atoms with Gasteiger partial charge in [-0.2, -0.15) is 12.7 Å². The first-order chi connectivity index (χ1) is 5.04. The minimum atomic E-state index is -3.25. The van der Waals surface area contributed by atoms with E-state index in [1.54, 1.807) is 0 Å². The SMILES string of the molecule is CC(C)N1CCNNS1(=O)=O. The first kappa shape index (κ1) is 8.92. The molecule has 0 radical (unpaired) electrons. The molecule has 0 saturated carbocycles. The van der Waals surface area contributed by atoms with Crippen molar-refractivity contribution in [1.82, 2.24) is 14.6 Å². The van der Waals surface area contributed by atoms with Crippen molar-refractivity contribution in [3.05, 3.63) is 0 Å². The van der Waals surface area contributed by atoms with Crippen LogP contribution in [0, 0.1) is 0 Å². The van der Waals surface area contributed by atoms with Gasteiger partial charge in [-0.1, -0.05) is 0 Å². The first-order valence-corrected chi connectivity index (χ1v) is 4.99. The molecule has 5 nitrogen and oxygen atoms in total. The van der Waals surface area contributed by atoms with E-state index in [1.807, 2.05) is 13.8 Å². The first-order valence-electron chi connectivity index (χ1n) is 3.55. The smallest absolute Gasteiger partial charge is 0.242 e. The van der Waals surface area contributed by atoms with Crippen LogP contribution in [0.4, 0.5) is 0 Å². The normalized spacial score (nSPS) is 25.7. The topological polar surface area (TPSA) is 61.4 Å². The fourth-order valence-corrected chi connectivity index (χ4v) is 2.31. The van der Waals surface area contributed by atoms with E-state index in [2.05, 4.69) is 10.3 Å². The maximum Gasteiger partial charge on any atom is 0.292 e. The molecule has 0 aromatic heterocycles. The molecule has 0 aliphatic carbocycles.